The Hall–Kier alpha value is -3.56. The molecule has 1 saturated carbocycles. The minimum atomic E-state index is -4.32. The molecule has 1 aliphatic carbocycles. The molecule has 0 aliphatic heterocycles. The van der Waals surface area contributed by atoms with Gasteiger partial charge < -0.3 is 10.2 Å². The highest BCUT2D eigenvalue weighted by Crippen LogP contribution is 2.36. The average Bonchev–Trinajstić information content (AvgIpc) is 3.08. The second kappa shape index (κ2) is 16.2. The summed E-state index contributed by atoms with van der Waals surface area (Å²) in [7, 11) is -4.32. The Labute approximate surface area is 297 Å². The molecule has 0 saturated heterocycles. The smallest absolute Gasteiger partial charge is 0.264 e. The Morgan fingerprint density at radius 1 is 0.812 bits per heavy atom. The number of nitrogens with zero attached hydrogens (tertiary/aromatic N) is 2. The molecule has 1 aliphatic rings. The molecule has 11 heteroatoms. The van der Waals surface area contributed by atoms with Crippen molar-refractivity contribution in [1.29, 1.82) is 0 Å². The Bertz CT molecular complexity index is 1820. The van der Waals surface area contributed by atoms with E-state index in [2.05, 4.69) is 5.32 Å². The standard InChI is InChI=1S/C37H38Cl3N3O4S/c1-26-15-21-31(22-16-26)48(46,47)43(33-14-8-13-32(39)36(33)40)25-35(44)42(24-28-17-19-29(38)20-18-28)34(23-27-9-4-2-5-10-27)37(45)41-30-11-6-3-7-12-30/h2,4-5,8-10,13-22,30,34H,3,6-7,11-12,23-25H2,1H3,(H,41,45). The topological polar surface area (TPSA) is 86.8 Å². The molecule has 252 valence electrons. The summed E-state index contributed by atoms with van der Waals surface area (Å²) in [5.74, 6) is -0.877. The van der Waals surface area contributed by atoms with Crippen LogP contribution in [0.4, 0.5) is 5.69 Å². The first-order valence-corrected chi connectivity index (χ1v) is 18.5. The summed E-state index contributed by atoms with van der Waals surface area (Å²) in [5, 5.41) is 3.86. The summed E-state index contributed by atoms with van der Waals surface area (Å²) in [6.07, 6.45) is 5.12. The molecule has 7 nitrogen and oxygen atoms in total. The van der Waals surface area contributed by atoms with E-state index in [4.69, 9.17) is 34.8 Å². The van der Waals surface area contributed by atoms with Crippen LogP contribution in [0.5, 0.6) is 0 Å². The highest BCUT2D eigenvalue weighted by atomic mass is 35.5. The van der Waals surface area contributed by atoms with E-state index in [1.54, 1.807) is 48.5 Å². The van der Waals surface area contributed by atoms with Crippen molar-refractivity contribution in [3.05, 3.63) is 129 Å². The second-order valence-corrected chi connectivity index (χ2v) is 15.2. The van der Waals surface area contributed by atoms with Crippen molar-refractivity contribution >= 4 is 62.3 Å². The number of aryl methyl sites for hydroxylation is 1. The van der Waals surface area contributed by atoms with Crippen molar-refractivity contribution in [2.45, 2.75) is 69.0 Å². The minimum absolute atomic E-state index is 0.000637. The van der Waals surface area contributed by atoms with Crippen LogP contribution in [0, 0.1) is 6.92 Å². The molecule has 1 N–H and O–H groups in total. The van der Waals surface area contributed by atoms with Crippen LogP contribution in [0.2, 0.25) is 15.1 Å². The highest BCUT2D eigenvalue weighted by molar-refractivity contribution is 7.92. The van der Waals surface area contributed by atoms with Gasteiger partial charge in [0.1, 0.15) is 12.6 Å². The number of rotatable bonds is 12. The van der Waals surface area contributed by atoms with Gasteiger partial charge in [0.05, 0.1) is 20.6 Å². The normalized spacial score (nSPS) is 14.2. The number of sulfonamides is 1. The molecule has 1 unspecified atom stereocenters. The number of hydrogen-bond donors (Lipinski definition) is 1. The van der Waals surface area contributed by atoms with Crippen molar-refractivity contribution in [3.8, 4) is 0 Å². The van der Waals surface area contributed by atoms with E-state index < -0.39 is 28.5 Å². The van der Waals surface area contributed by atoms with Gasteiger partial charge in [-0.15, -0.1) is 0 Å². The number of nitrogens with one attached hydrogen (secondary N) is 1. The van der Waals surface area contributed by atoms with E-state index in [1.165, 1.54) is 23.1 Å². The summed E-state index contributed by atoms with van der Waals surface area (Å²) >= 11 is 19.1. The molecule has 0 bridgehead atoms. The Morgan fingerprint density at radius 3 is 2.15 bits per heavy atom. The summed E-state index contributed by atoms with van der Waals surface area (Å²) in [5.41, 5.74) is 2.51. The zero-order valence-electron chi connectivity index (χ0n) is 26.6. The lowest BCUT2D eigenvalue weighted by molar-refractivity contribution is -0.140. The largest absolute Gasteiger partial charge is 0.352 e. The van der Waals surface area contributed by atoms with Crippen LogP contribution in [-0.4, -0.2) is 43.8 Å². The lowest BCUT2D eigenvalue weighted by Gasteiger charge is -2.35. The number of amides is 2. The molecule has 5 rings (SSSR count). The molecule has 1 fully saturated rings. The van der Waals surface area contributed by atoms with Gasteiger partial charge >= 0.3 is 0 Å². The number of halogens is 3. The van der Waals surface area contributed by atoms with Crippen molar-refractivity contribution in [3.63, 3.8) is 0 Å². The highest BCUT2D eigenvalue weighted by Gasteiger charge is 2.36. The van der Waals surface area contributed by atoms with Gasteiger partial charge in [-0.3, -0.25) is 13.9 Å². The predicted octanol–water partition coefficient (Wildman–Crippen LogP) is 8.24. The van der Waals surface area contributed by atoms with Gasteiger partial charge in [-0.05, 0) is 67.3 Å². The van der Waals surface area contributed by atoms with Gasteiger partial charge in [-0.2, -0.15) is 0 Å². The van der Waals surface area contributed by atoms with E-state index >= 15 is 0 Å². The van der Waals surface area contributed by atoms with Gasteiger partial charge in [0, 0.05) is 24.0 Å². The number of anilines is 1. The summed E-state index contributed by atoms with van der Waals surface area (Å²) in [4.78, 5) is 30.4. The fraction of sp³-hybridized carbons (Fsp3) is 0.297. The Morgan fingerprint density at radius 2 is 1.48 bits per heavy atom. The van der Waals surface area contributed by atoms with E-state index in [0.717, 1.165) is 53.1 Å². The number of benzene rings is 4. The van der Waals surface area contributed by atoms with Crippen LogP contribution < -0.4 is 9.62 Å². The summed E-state index contributed by atoms with van der Waals surface area (Å²) < 4.78 is 29.5. The van der Waals surface area contributed by atoms with Crippen LogP contribution in [0.15, 0.2) is 102 Å². The van der Waals surface area contributed by atoms with Crippen molar-refractivity contribution in [1.82, 2.24) is 10.2 Å². The van der Waals surface area contributed by atoms with Crippen LogP contribution >= 0.6 is 34.8 Å². The monoisotopic (exact) mass is 725 g/mol. The molecule has 0 aromatic heterocycles. The average molecular weight is 727 g/mol. The molecule has 2 amide bonds. The number of carbonyl (C=O) groups is 2. The molecule has 0 spiro atoms. The molecule has 0 radical (unpaired) electrons. The van der Waals surface area contributed by atoms with Crippen molar-refractivity contribution < 1.29 is 18.0 Å². The van der Waals surface area contributed by atoms with Gasteiger partial charge in [0.25, 0.3) is 10.0 Å². The molecule has 4 aromatic carbocycles. The van der Waals surface area contributed by atoms with Gasteiger partial charge in [0.2, 0.25) is 11.8 Å². The fourth-order valence-electron chi connectivity index (χ4n) is 5.92. The maximum Gasteiger partial charge on any atom is 0.264 e. The third kappa shape index (κ3) is 8.91. The molecule has 4 aromatic rings. The molecule has 48 heavy (non-hydrogen) atoms. The van der Waals surface area contributed by atoms with Crippen molar-refractivity contribution in [2.24, 2.45) is 0 Å². The first kappa shape index (κ1) is 35.7. The van der Waals surface area contributed by atoms with Crippen LogP contribution in [0.25, 0.3) is 0 Å². The lowest BCUT2D eigenvalue weighted by Crippen LogP contribution is -2.55. The third-order valence-corrected chi connectivity index (χ3v) is 11.4. The molecular weight excluding hydrogens is 689 g/mol. The van der Waals surface area contributed by atoms with E-state index in [0.29, 0.717) is 5.02 Å². The Balaban J connectivity index is 1.58. The van der Waals surface area contributed by atoms with Crippen LogP contribution in [-0.2, 0) is 32.6 Å². The van der Waals surface area contributed by atoms with Gasteiger partial charge in [-0.25, -0.2) is 8.42 Å². The zero-order chi connectivity index (χ0) is 34.3. The SMILES string of the molecule is Cc1ccc(S(=O)(=O)N(CC(=O)N(Cc2ccc(Cl)cc2)C(Cc2ccccc2)C(=O)NC2CCCCC2)c2cccc(Cl)c2Cl)cc1. The maximum atomic E-state index is 14.7. The van der Waals surface area contributed by atoms with E-state index in [1.807, 2.05) is 37.3 Å². The minimum Gasteiger partial charge on any atom is -0.352 e. The van der Waals surface area contributed by atoms with Gasteiger partial charge in [0.15, 0.2) is 0 Å². The predicted molar refractivity (Wildman–Crippen MR) is 193 cm³/mol. The first-order chi connectivity index (χ1) is 23.0. The maximum absolute atomic E-state index is 14.7. The number of carbonyl (C=O) groups excluding carboxylic acids is 2. The molecule has 1 atom stereocenters. The molecule has 0 heterocycles. The quantitative estimate of drug-likeness (QED) is 0.159. The fourth-order valence-corrected chi connectivity index (χ4v) is 7.92. The van der Waals surface area contributed by atoms with E-state index in [-0.39, 0.29) is 45.5 Å². The lowest BCUT2D eigenvalue weighted by atomic mass is 9.94. The van der Waals surface area contributed by atoms with Crippen LogP contribution in [0.1, 0.15) is 48.8 Å². The zero-order valence-corrected chi connectivity index (χ0v) is 29.7. The second-order valence-electron chi connectivity index (χ2n) is 12.1. The Kier molecular flexibility index (Phi) is 12.1. The third-order valence-electron chi connectivity index (χ3n) is 8.58. The van der Waals surface area contributed by atoms with Gasteiger partial charge in [-0.1, -0.05) is 120 Å². The van der Waals surface area contributed by atoms with Crippen molar-refractivity contribution in [2.75, 3.05) is 10.8 Å². The molecular formula is C37H38Cl3N3O4S. The summed E-state index contributed by atoms with van der Waals surface area (Å²) in [6, 6.07) is 26.5. The summed E-state index contributed by atoms with van der Waals surface area (Å²) in [6.45, 7) is 1.25. The first-order valence-electron chi connectivity index (χ1n) is 15.9. The van der Waals surface area contributed by atoms with E-state index in [9.17, 15) is 18.0 Å². The van der Waals surface area contributed by atoms with Crippen LogP contribution in [0.3, 0.4) is 0 Å². The number of hydrogen-bond acceptors (Lipinski definition) is 4.